The standard InChI is InChI=1S/C14H30N4O/c1-5-9-16-12(13(15)19)10-18(4)11-14(17(2)3)7-6-8-14/h12,16H,5-11H2,1-4H3,(H2,15,19). The summed E-state index contributed by atoms with van der Waals surface area (Å²) >= 11 is 0. The lowest BCUT2D eigenvalue weighted by Crippen LogP contribution is -2.58. The van der Waals surface area contributed by atoms with Crippen molar-refractivity contribution in [3.8, 4) is 0 Å². The SMILES string of the molecule is CCCNC(CN(C)CC1(N(C)C)CCC1)C(N)=O. The van der Waals surface area contributed by atoms with E-state index in [2.05, 4.69) is 43.2 Å². The fourth-order valence-corrected chi connectivity index (χ4v) is 2.78. The minimum atomic E-state index is -0.257. The van der Waals surface area contributed by atoms with Crippen molar-refractivity contribution in [2.75, 3.05) is 40.8 Å². The van der Waals surface area contributed by atoms with E-state index in [4.69, 9.17) is 5.73 Å². The Morgan fingerprint density at radius 2 is 2.00 bits per heavy atom. The Labute approximate surface area is 117 Å². The summed E-state index contributed by atoms with van der Waals surface area (Å²) < 4.78 is 0. The molecule has 112 valence electrons. The Hall–Kier alpha value is -0.650. The number of nitrogens with zero attached hydrogens (tertiary/aromatic N) is 2. The van der Waals surface area contributed by atoms with Crippen LogP contribution in [0.3, 0.4) is 0 Å². The number of hydrogen-bond acceptors (Lipinski definition) is 4. The summed E-state index contributed by atoms with van der Waals surface area (Å²) in [6.07, 6.45) is 4.80. The van der Waals surface area contributed by atoms with Gasteiger partial charge in [-0.05, 0) is 53.4 Å². The molecule has 0 spiro atoms. The number of primary amides is 1. The Balaban J connectivity index is 2.47. The van der Waals surface area contributed by atoms with Crippen LogP contribution < -0.4 is 11.1 Å². The first-order valence-electron chi connectivity index (χ1n) is 7.30. The molecule has 1 rings (SSSR count). The Morgan fingerprint density at radius 1 is 1.37 bits per heavy atom. The van der Waals surface area contributed by atoms with Gasteiger partial charge in [-0.2, -0.15) is 0 Å². The van der Waals surface area contributed by atoms with Crippen LogP contribution in [0.25, 0.3) is 0 Å². The van der Waals surface area contributed by atoms with E-state index in [0.29, 0.717) is 12.1 Å². The fraction of sp³-hybridized carbons (Fsp3) is 0.929. The molecular formula is C14H30N4O. The van der Waals surface area contributed by atoms with Gasteiger partial charge in [0.2, 0.25) is 5.91 Å². The molecule has 0 heterocycles. The van der Waals surface area contributed by atoms with Crippen molar-refractivity contribution >= 4 is 5.91 Å². The lowest BCUT2D eigenvalue weighted by atomic mass is 9.75. The number of hydrogen-bond donors (Lipinski definition) is 2. The number of rotatable bonds is 9. The van der Waals surface area contributed by atoms with Gasteiger partial charge in [-0.3, -0.25) is 4.79 Å². The van der Waals surface area contributed by atoms with E-state index in [1.165, 1.54) is 19.3 Å². The van der Waals surface area contributed by atoms with Gasteiger partial charge in [-0.15, -0.1) is 0 Å². The van der Waals surface area contributed by atoms with Gasteiger partial charge in [0.25, 0.3) is 0 Å². The second-order valence-corrected chi connectivity index (χ2v) is 6.08. The normalized spacial score (nSPS) is 19.5. The molecule has 1 aliphatic carbocycles. The minimum absolute atomic E-state index is 0.246. The highest BCUT2D eigenvalue weighted by molar-refractivity contribution is 5.80. The minimum Gasteiger partial charge on any atom is -0.368 e. The van der Waals surface area contributed by atoms with Crippen LogP contribution in [0.5, 0.6) is 0 Å². The Kier molecular flexibility index (Phi) is 6.23. The number of carbonyl (C=O) groups excluding carboxylic acids is 1. The van der Waals surface area contributed by atoms with Crippen LogP contribution >= 0.6 is 0 Å². The quantitative estimate of drug-likeness (QED) is 0.631. The molecule has 1 amide bonds. The second-order valence-electron chi connectivity index (χ2n) is 6.08. The van der Waals surface area contributed by atoms with Crippen LogP contribution in [0.15, 0.2) is 0 Å². The van der Waals surface area contributed by atoms with E-state index in [1.54, 1.807) is 0 Å². The average molecular weight is 270 g/mol. The van der Waals surface area contributed by atoms with Gasteiger partial charge in [-0.1, -0.05) is 6.92 Å². The van der Waals surface area contributed by atoms with E-state index in [9.17, 15) is 4.79 Å². The molecule has 0 aromatic rings. The van der Waals surface area contributed by atoms with Gasteiger partial charge in [0.05, 0.1) is 6.04 Å². The van der Waals surface area contributed by atoms with Crippen molar-refractivity contribution < 1.29 is 4.79 Å². The number of carbonyl (C=O) groups is 1. The van der Waals surface area contributed by atoms with Crippen molar-refractivity contribution in [2.45, 2.75) is 44.2 Å². The zero-order valence-corrected chi connectivity index (χ0v) is 12.9. The molecule has 1 atom stereocenters. The largest absolute Gasteiger partial charge is 0.368 e. The number of likely N-dealkylation sites (N-methyl/N-ethyl adjacent to an activating group) is 2. The summed E-state index contributed by atoms with van der Waals surface area (Å²) in [5.41, 5.74) is 5.75. The van der Waals surface area contributed by atoms with Crippen LogP contribution in [0.1, 0.15) is 32.6 Å². The third kappa shape index (κ3) is 4.44. The van der Waals surface area contributed by atoms with Gasteiger partial charge < -0.3 is 20.9 Å². The molecular weight excluding hydrogens is 240 g/mol. The van der Waals surface area contributed by atoms with Crippen LogP contribution in [-0.2, 0) is 4.79 Å². The van der Waals surface area contributed by atoms with Crippen LogP contribution in [-0.4, -0.2) is 68.1 Å². The van der Waals surface area contributed by atoms with Gasteiger partial charge in [0.1, 0.15) is 0 Å². The number of nitrogens with one attached hydrogen (secondary N) is 1. The van der Waals surface area contributed by atoms with Gasteiger partial charge >= 0.3 is 0 Å². The molecule has 19 heavy (non-hydrogen) atoms. The smallest absolute Gasteiger partial charge is 0.235 e. The van der Waals surface area contributed by atoms with Crippen molar-refractivity contribution in [1.82, 2.24) is 15.1 Å². The summed E-state index contributed by atoms with van der Waals surface area (Å²) in [4.78, 5) is 16.0. The molecule has 5 nitrogen and oxygen atoms in total. The molecule has 0 bridgehead atoms. The van der Waals surface area contributed by atoms with Crippen LogP contribution in [0, 0.1) is 0 Å². The molecule has 1 aliphatic rings. The molecule has 0 radical (unpaired) electrons. The maximum Gasteiger partial charge on any atom is 0.235 e. The van der Waals surface area contributed by atoms with Crippen LogP contribution in [0.4, 0.5) is 0 Å². The third-order valence-corrected chi connectivity index (χ3v) is 4.28. The first-order valence-corrected chi connectivity index (χ1v) is 7.30. The lowest BCUT2D eigenvalue weighted by molar-refractivity contribution is -0.120. The monoisotopic (exact) mass is 270 g/mol. The third-order valence-electron chi connectivity index (χ3n) is 4.28. The second kappa shape index (κ2) is 7.22. The zero-order valence-electron chi connectivity index (χ0n) is 12.9. The van der Waals surface area contributed by atoms with Crippen molar-refractivity contribution in [3.63, 3.8) is 0 Å². The Morgan fingerprint density at radius 3 is 2.37 bits per heavy atom. The van der Waals surface area contributed by atoms with Crippen LogP contribution in [0.2, 0.25) is 0 Å². The van der Waals surface area contributed by atoms with Crippen molar-refractivity contribution in [2.24, 2.45) is 5.73 Å². The average Bonchev–Trinajstić information content (AvgIpc) is 2.28. The highest BCUT2D eigenvalue weighted by Crippen LogP contribution is 2.36. The molecule has 0 aliphatic heterocycles. The summed E-state index contributed by atoms with van der Waals surface area (Å²) in [5, 5.41) is 3.22. The molecule has 3 N–H and O–H groups in total. The van der Waals surface area contributed by atoms with E-state index >= 15 is 0 Å². The summed E-state index contributed by atoms with van der Waals surface area (Å²) in [5.74, 6) is -0.257. The van der Waals surface area contributed by atoms with Crippen molar-refractivity contribution in [1.29, 1.82) is 0 Å². The highest BCUT2D eigenvalue weighted by atomic mass is 16.1. The number of nitrogens with two attached hydrogens (primary N) is 1. The number of amides is 1. The topological polar surface area (TPSA) is 61.6 Å². The van der Waals surface area contributed by atoms with Crippen molar-refractivity contribution in [3.05, 3.63) is 0 Å². The molecule has 5 heteroatoms. The van der Waals surface area contributed by atoms with E-state index in [-0.39, 0.29) is 11.9 Å². The lowest BCUT2D eigenvalue weighted by Gasteiger charge is -2.49. The molecule has 0 aromatic carbocycles. The summed E-state index contributed by atoms with van der Waals surface area (Å²) in [6.45, 7) is 4.60. The van der Waals surface area contributed by atoms with E-state index < -0.39 is 0 Å². The molecule has 0 saturated heterocycles. The summed E-state index contributed by atoms with van der Waals surface area (Å²) in [7, 11) is 6.37. The predicted molar refractivity (Wildman–Crippen MR) is 79.0 cm³/mol. The summed E-state index contributed by atoms with van der Waals surface area (Å²) in [6, 6.07) is -0.246. The van der Waals surface area contributed by atoms with Gasteiger partial charge in [-0.25, -0.2) is 0 Å². The maximum absolute atomic E-state index is 11.4. The van der Waals surface area contributed by atoms with E-state index in [1.807, 2.05) is 0 Å². The first-order chi connectivity index (χ1) is 8.91. The predicted octanol–water partition coefficient (Wildman–Crippen LogP) is 0.256. The fourth-order valence-electron chi connectivity index (χ4n) is 2.78. The zero-order chi connectivity index (χ0) is 14.5. The molecule has 1 saturated carbocycles. The maximum atomic E-state index is 11.4. The van der Waals surface area contributed by atoms with Gasteiger partial charge in [0.15, 0.2) is 0 Å². The molecule has 1 unspecified atom stereocenters. The highest BCUT2D eigenvalue weighted by Gasteiger charge is 2.40. The molecule has 0 aromatic heterocycles. The van der Waals surface area contributed by atoms with Gasteiger partial charge in [0, 0.05) is 18.6 Å². The molecule has 1 fully saturated rings. The van der Waals surface area contributed by atoms with E-state index in [0.717, 1.165) is 19.5 Å². The Bertz CT molecular complexity index is 289. The first kappa shape index (κ1) is 16.4.